The van der Waals surface area contributed by atoms with Crippen LogP contribution in [-0.4, -0.2) is 40.1 Å². The van der Waals surface area contributed by atoms with Crippen molar-refractivity contribution in [3.63, 3.8) is 0 Å². The first-order valence-electron chi connectivity index (χ1n) is 8.05. The Hall–Kier alpha value is -0.120. The average Bonchev–Trinajstić information content (AvgIpc) is 2.63. The van der Waals surface area contributed by atoms with E-state index in [0.717, 1.165) is 6.61 Å². The van der Waals surface area contributed by atoms with Gasteiger partial charge in [0.15, 0.2) is 0 Å². The van der Waals surface area contributed by atoms with E-state index in [9.17, 15) is 0 Å². The summed E-state index contributed by atoms with van der Waals surface area (Å²) < 4.78 is 17.3. The fraction of sp³-hybridized carbons (Fsp3) is 1.00. The predicted octanol–water partition coefficient (Wildman–Crippen LogP) is 4.05. The summed E-state index contributed by atoms with van der Waals surface area (Å²) in [6.07, 6.45) is 8.18. The first-order valence-corrected chi connectivity index (χ1v) is 8.05. The summed E-state index contributed by atoms with van der Waals surface area (Å²) in [7, 11) is 3.53. The highest BCUT2D eigenvalue weighted by atomic mass is 16.5. The van der Waals surface area contributed by atoms with E-state index in [-0.39, 0.29) is 10.8 Å². The van der Waals surface area contributed by atoms with Gasteiger partial charge in [0, 0.05) is 19.6 Å². The second kappa shape index (κ2) is 8.35. The first-order chi connectivity index (χ1) is 9.45. The van der Waals surface area contributed by atoms with Crippen molar-refractivity contribution in [3.05, 3.63) is 0 Å². The van der Waals surface area contributed by atoms with E-state index in [2.05, 4.69) is 20.8 Å². The molecule has 1 saturated carbocycles. The van der Waals surface area contributed by atoms with Gasteiger partial charge in [-0.15, -0.1) is 0 Å². The second-order valence-corrected chi connectivity index (χ2v) is 7.32. The summed E-state index contributed by atoms with van der Waals surface area (Å²) in [6.45, 7) is 8.83. The molecule has 1 aliphatic rings. The molecule has 1 rings (SSSR count). The minimum atomic E-state index is -0.0806. The van der Waals surface area contributed by atoms with E-state index in [1.807, 2.05) is 0 Å². The molecule has 3 heteroatoms. The molecule has 0 aromatic carbocycles. The maximum atomic E-state index is 6.30. The van der Waals surface area contributed by atoms with E-state index < -0.39 is 0 Å². The zero-order chi connectivity index (χ0) is 15.1. The normalized spacial score (nSPS) is 19.1. The molecular weight excluding hydrogens is 252 g/mol. The van der Waals surface area contributed by atoms with Gasteiger partial charge in [0.05, 0.1) is 25.9 Å². The van der Waals surface area contributed by atoms with Crippen molar-refractivity contribution in [1.82, 2.24) is 0 Å². The van der Waals surface area contributed by atoms with Crippen LogP contribution >= 0.6 is 0 Å². The van der Waals surface area contributed by atoms with Gasteiger partial charge in [0.1, 0.15) is 0 Å². The number of rotatable bonds is 7. The molecule has 0 radical (unpaired) electrons. The SMILES string of the molecule is COCC(COC)(COC1CCCCCC1)C(C)(C)C. The Balaban J connectivity index is 2.67. The van der Waals surface area contributed by atoms with E-state index in [0.29, 0.717) is 19.3 Å². The van der Waals surface area contributed by atoms with Gasteiger partial charge in [-0.05, 0) is 18.3 Å². The monoisotopic (exact) mass is 286 g/mol. The molecule has 0 bridgehead atoms. The molecule has 0 spiro atoms. The molecule has 0 amide bonds. The van der Waals surface area contributed by atoms with Crippen LogP contribution in [0.3, 0.4) is 0 Å². The molecular formula is C17H34O3. The lowest BCUT2D eigenvalue weighted by Crippen LogP contribution is -2.48. The lowest BCUT2D eigenvalue weighted by atomic mass is 9.68. The predicted molar refractivity (Wildman–Crippen MR) is 83.1 cm³/mol. The number of methoxy groups -OCH3 is 2. The quantitative estimate of drug-likeness (QED) is 0.661. The molecule has 120 valence electrons. The van der Waals surface area contributed by atoms with E-state index in [4.69, 9.17) is 14.2 Å². The molecule has 0 aliphatic heterocycles. The van der Waals surface area contributed by atoms with Gasteiger partial charge in [-0.25, -0.2) is 0 Å². The number of hydrogen-bond acceptors (Lipinski definition) is 3. The van der Waals surface area contributed by atoms with Crippen molar-refractivity contribution < 1.29 is 14.2 Å². The Morgan fingerprint density at radius 3 is 1.70 bits per heavy atom. The van der Waals surface area contributed by atoms with Gasteiger partial charge in [-0.2, -0.15) is 0 Å². The van der Waals surface area contributed by atoms with Crippen LogP contribution in [0.5, 0.6) is 0 Å². The summed E-state index contributed by atoms with van der Waals surface area (Å²) in [6, 6.07) is 0. The number of hydrogen-bond donors (Lipinski definition) is 0. The van der Waals surface area contributed by atoms with Gasteiger partial charge in [-0.1, -0.05) is 46.5 Å². The Bertz CT molecular complexity index is 243. The molecule has 1 fully saturated rings. The summed E-state index contributed by atoms with van der Waals surface area (Å²) >= 11 is 0. The van der Waals surface area contributed by atoms with Crippen LogP contribution < -0.4 is 0 Å². The number of ether oxygens (including phenoxy) is 3. The third-order valence-electron chi connectivity index (χ3n) is 4.83. The molecule has 0 unspecified atom stereocenters. The minimum Gasteiger partial charge on any atom is -0.384 e. The largest absolute Gasteiger partial charge is 0.384 e. The highest BCUT2D eigenvalue weighted by Crippen LogP contribution is 2.40. The van der Waals surface area contributed by atoms with Crippen LogP contribution in [0.25, 0.3) is 0 Å². The Morgan fingerprint density at radius 1 is 0.800 bits per heavy atom. The zero-order valence-corrected chi connectivity index (χ0v) is 14.2. The lowest BCUT2D eigenvalue weighted by Gasteiger charge is -2.44. The summed E-state index contributed by atoms with van der Waals surface area (Å²) in [5.74, 6) is 0. The highest BCUT2D eigenvalue weighted by molar-refractivity contribution is 4.91. The Labute approximate surface area is 125 Å². The Kier molecular flexibility index (Phi) is 7.49. The maximum absolute atomic E-state index is 6.30. The maximum Gasteiger partial charge on any atom is 0.0575 e. The van der Waals surface area contributed by atoms with Crippen LogP contribution in [-0.2, 0) is 14.2 Å². The second-order valence-electron chi connectivity index (χ2n) is 7.32. The van der Waals surface area contributed by atoms with Gasteiger partial charge in [0.25, 0.3) is 0 Å². The van der Waals surface area contributed by atoms with Crippen molar-refractivity contribution in [1.29, 1.82) is 0 Å². The summed E-state index contributed by atoms with van der Waals surface area (Å²) in [4.78, 5) is 0. The van der Waals surface area contributed by atoms with Crippen molar-refractivity contribution in [2.75, 3.05) is 34.0 Å². The lowest BCUT2D eigenvalue weighted by molar-refractivity contribution is -0.125. The minimum absolute atomic E-state index is 0.0806. The van der Waals surface area contributed by atoms with Crippen molar-refractivity contribution in [2.24, 2.45) is 10.8 Å². The van der Waals surface area contributed by atoms with Crippen LogP contribution in [0.2, 0.25) is 0 Å². The Morgan fingerprint density at radius 2 is 1.30 bits per heavy atom. The summed E-state index contributed by atoms with van der Waals surface area (Å²) in [5, 5.41) is 0. The van der Waals surface area contributed by atoms with Crippen LogP contribution in [0.15, 0.2) is 0 Å². The van der Waals surface area contributed by atoms with Gasteiger partial charge in [-0.3, -0.25) is 0 Å². The average molecular weight is 286 g/mol. The molecule has 0 saturated heterocycles. The summed E-state index contributed by atoms with van der Waals surface area (Å²) in [5.41, 5.74) is 0.00650. The molecule has 0 aromatic heterocycles. The van der Waals surface area contributed by atoms with Crippen molar-refractivity contribution in [2.45, 2.75) is 65.4 Å². The van der Waals surface area contributed by atoms with E-state index in [1.165, 1.54) is 38.5 Å². The van der Waals surface area contributed by atoms with Crippen LogP contribution in [0.4, 0.5) is 0 Å². The first kappa shape index (κ1) is 17.9. The standard InChI is InChI=1S/C17H34O3/c1-16(2,3)17(12-18-4,13-19-5)14-20-15-10-8-6-7-9-11-15/h15H,6-14H2,1-5H3. The highest BCUT2D eigenvalue weighted by Gasteiger charge is 2.43. The van der Waals surface area contributed by atoms with Crippen LogP contribution in [0.1, 0.15) is 59.3 Å². The van der Waals surface area contributed by atoms with Gasteiger partial charge < -0.3 is 14.2 Å². The van der Waals surface area contributed by atoms with Crippen molar-refractivity contribution in [3.8, 4) is 0 Å². The third-order valence-corrected chi connectivity index (χ3v) is 4.83. The van der Waals surface area contributed by atoms with E-state index in [1.54, 1.807) is 14.2 Å². The zero-order valence-electron chi connectivity index (χ0n) is 14.2. The van der Waals surface area contributed by atoms with Crippen molar-refractivity contribution >= 4 is 0 Å². The van der Waals surface area contributed by atoms with Crippen LogP contribution in [0, 0.1) is 10.8 Å². The molecule has 1 aliphatic carbocycles. The third kappa shape index (κ3) is 5.01. The van der Waals surface area contributed by atoms with E-state index >= 15 is 0 Å². The fourth-order valence-corrected chi connectivity index (χ4v) is 3.01. The fourth-order valence-electron chi connectivity index (χ4n) is 3.01. The topological polar surface area (TPSA) is 27.7 Å². The van der Waals surface area contributed by atoms with Gasteiger partial charge in [0.2, 0.25) is 0 Å². The molecule has 3 nitrogen and oxygen atoms in total. The molecule has 0 N–H and O–H groups in total. The van der Waals surface area contributed by atoms with Gasteiger partial charge >= 0.3 is 0 Å². The molecule has 20 heavy (non-hydrogen) atoms. The molecule has 0 atom stereocenters. The molecule has 0 heterocycles. The smallest absolute Gasteiger partial charge is 0.0575 e. The molecule has 0 aromatic rings.